The zero-order valence-corrected chi connectivity index (χ0v) is 8.96. The van der Waals surface area contributed by atoms with Crippen LogP contribution in [0.25, 0.3) is 0 Å². The van der Waals surface area contributed by atoms with Crippen molar-refractivity contribution >= 4 is 27.8 Å². The molecular formula is C8H8BrNO4. The third kappa shape index (κ3) is 2.88. The molecule has 0 saturated carbocycles. The lowest BCUT2D eigenvalue weighted by Crippen LogP contribution is -2.29. The normalized spacial score (nSPS) is 9.57. The average molecular weight is 262 g/mol. The van der Waals surface area contributed by atoms with Gasteiger partial charge in [-0.3, -0.25) is 9.59 Å². The number of esters is 1. The zero-order chi connectivity index (χ0) is 10.6. The van der Waals surface area contributed by atoms with Gasteiger partial charge in [-0.05, 0) is 28.1 Å². The Bertz CT molecular complexity index is 347. The van der Waals surface area contributed by atoms with E-state index in [1.54, 1.807) is 6.07 Å². The number of carbonyl (C=O) groups excluding carboxylic acids is 2. The Morgan fingerprint density at radius 3 is 2.79 bits per heavy atom. The van der Waals surface area contributed by atoms with Gasteiger partial charge in [-0.2, -0.15) is 0 Å². The van der Waals surface area contributed by atoms with E-state index in [1.807, 2.05) is 0 Å². The highest BCUT2D eigenvalue weighted by molar-refractivity contribution is 9.10. The maximum absolute atomic E-state index is 11.2. The summed E-state index contributed by atoms with van der Waals surface area (Å²) in [6.07, 6.45) is 0. The number of ether oxygens (including phenoxy) is 1. The van der Waals surface area contributed by atoms with Crippen molar-refractivity contribution in [3.8, 4) is 0 Å². The summed E-state index contributed by atoms with van der Waals surface area (Å²) in [5.74, 6) is -0.828. The van der Waals surface area contributed by atoms with E-state index in [0.29, 0.717) is 4.67 Å². The number of amides is 1. The molecule has 76 valence electrons. The standard InChI is InChI=1S/C8H8BrNO4/c1-13-7(11)4-10-8(12)5-2-3-6(9)14-5/h2-3H,4H2,1H3,(H,10,12). The van der Waals surface area contributed by atoms with Crippen LogP contribution in [0.1, 0.15) is 10.6 Å². The molecule has 1 rings (SSSR count). The summed E-state index contributed by atoms with van der Waals surface area (Å²) in [4.78, 5) is 21.9. The quantitative estimate of drug-likeness (QED) is 0.823. The number of furan rings is 1. The van der Waals surface area contributed by atoms with Crippen molar-refractivity contribution in [1.29, 1.82) is 0 Å². The molecule has 5 nitrogen and oxygen atoms in total. The second-order valence-corrected chi connectivity index (χ2v) is 3.14. The molecule has 14 heavy (non-hydrogen) atoms. The van der Waals surface area contributed by atoms with Gasteiger partial charge in [0, 0.05) is 0 Å². The molecule has 0 aliphatic heterocycles. The Kier molecular flexibility index (Phi) is 3.70. The van der Waals surface area contributed by atoms with Crippen molar-refractivity contribution in [3.05, 3.63) is 22.6 Å². The number of halogens is 1. The van der Waals surface area contributed by atoms with Crippen molar-refractivity contribution < 1.29 is 18.7 Å². The zero-order valence-electron chi connectivity index (χ0n) is 7.37. The Morgan fingerprint density at radius 2 is 2.29 bits per heavy atom. The van der Waals surface area contributed by atoms with Gasteiger partial charge < -0.3 is 14.5 Å². The second-order valence-electron chi connectivity index (χ2n) is 2.36. The average Bonchev–Trinajstić information content (AvgIpc) is 2.60. The van der Waals surface area contributed by atoms with Gasteiger partial charge in [0.1, 0.15) is 6.54 Å². The van der Waals surface area contributed by atoms with Gasteiger partial charge in [-0.25, -0.2) is 0 Å². The lowest BCUT2D eigenvalue weighted by molar-refractivity contribution is -0.139. The van der Waals surface area contributed by atoms with Crippen molar-refractivity contribution in [2.45, 2.75) is 0 Å². The molecule has 0 fully saturated rings. The summed E-state index contributed by atoms with van der Waals surface area (Å²) in [6, 6.07) is 3.09. The maximum Gasteiger partial charge on any atom is 0.325 e. The maximum atomic E-state index is 11.2. The molecule has 0 bridgehead atoms. The molecule has 1 heterocycles. The molecule has 0 unspecified atom stereocenters. The van der Waals surface area contributed by atoms with Crippen LogP contribution in [0, 0.1) is 0 Å². The first-order chi connectivity index (χ1) is 6.63. The van der Waals surface area contributed by atoms with Gasteiger partial charge in [0.25, 0.3) is 5.91 Å². The molecule has 0 saturated heterocycles. The molecular weight excluding hydrogens is 254 g/mol. The molecule has 0 aliphatic carbocycles. The monoisotopic (exact) mass is 261 g/mol. The SMILES string of the molecule is COC(=O)CNC(=O)c1ccc(Br)o1. The summed E-state index contributed by atoms with van der Waals surface area (Å²) in [6.45, 7) is -0.173. The molecule has 0 aliphatic rings. The Hall–Kier alpha value is -1.30. The number of carbonyl (C=O) groups is 2. The van der Waals surface area contributed by atoms with E-state index >= 15 is 0 Å². The molecule has 1 amide bonds. The first kappa shape index (κ1) is 10.8. The predicted octanol–water partition coefficient (Wildman–Crippen LogP) is 0.945. The number of nitrogens with one attached hydrogen (secondary N) is 1. The van der Waals surface area contributed by atoms with E-state index < -0.39 is 11.9 Å². The summed E-state index contributed by atoms with van der Waals surface area (Å²) >= 11 is 3.06. The lowest BCUT2D eigenvalue weighted by atomic mass is 10.4. The van der Waals surface area contributed by atoms with Crippen molar-refractivity contribution in [2.24, 2.45) is 0 Å². The van der Waals surface area contributed by atoms with Crippen molar-refractivity contribution in [1.82, 2.24) is 5.32 Å². The third-order valence-electron chi connectivity index (χ3n) is 1.42. The van der Waals surface area contributed by atoms with Crippen molar-refractivity contribution in [2.75, 3.05) is 13.7 Å². The fraction of sp³-hybridized carbons (Fsp3) is 0.250. The predicted molar refractivity (Wildman–Crippen MR) is 50.8 cm³/mol. The Labute approximate surface area is 88.5 Å². The summed E-state index contributed by atoms with van der Waals surface area (Å²) in [5, 5.41) is 2.33. The van der Waals surface area contributed by atoms with Crippen molar-refractivity contribution in [3.63, 3.8) is 0 Å². The van der Waals surface area contributed by atoms with Gasteiger partial charge in [-0.15, -0.1) is 0 Å². The largest absolute Gasteiger partial charge is 0.468 e. The molecule has 6 heteroatoms. The van der Waals surface area contributed by atoms with Crippen LogP contribution in [-0.2, 0) is 9.53 Å². The smallest absolute Gasteiger partial charge is 0.325 e. The van der Waals surface area contributed by atoms with Crippen LogP contribution in [0.5, 0.6) is 0 Å². The van der Waals surface area contributed by atoms with Crippen LogP contribution in [-0.4, -0.2) is 25.5 Å². The highest BCUT2D eigenvalue weighted by Crippen LogP contribution is 2.13. The molecule has 0 radical (unpaired) electrons. The van der Waals surface area contributed by atoms with Crippen LogP contribution >= 0.6 is 15.9 Å². The van der Waals surface area contributed by atoms with Gasteiger partial charge >= 0.3 is 5.97 Å². The number of rotatable bonds is 3. The first-order valence-electron chi connectivity index (χ1n) is 3.74. The second kappa shape index (κ2) is 4.80. The van der Waals surface area contributed by atoms with E-state index in [-0.39, 0.29) is 12.3 Å². The first-order valence-corrected chi connectivity index (χ1v) is 4.53. The van der Waals surface area contributed by atoms with Gasteiger partial charge in [0.2, 0.25) is 0 Å². The lowest BCUT2D eigenvalue weighted by Gasteiger charge is -2.00. The van der Waals surface area contributed by atoms with Crippen LogP contribution in [0.4, 0.5) is 0 Å². The van der Waals surface area contributed by atoms with Crippen LogP contribution in [0.3, 0.4) is 0 Å². The number of methoxy groups -OCH3 is 1. The van der Waals surface area contributed by atoms with Gasteiger partial charge in [0.05, 0.1) is 7.11 Å². The molecule has 0 aromatic carbocycles. The molecule has 1 N–H and O–H groups in total. The number of hydrogen-bond acceptors (Lipinski definition) is 4. The summed E-state index contributed by atoms with van der Waals surface area (Å²) in [7, 11) is 1.25. The van der Waals surface area contributed by atoms with E-state index in [9.17, 15) is 9.59 Å². The van der Waals surface area contributed by atoms with E-state index in [4.69, 9.17) is 4.42 Å². The van der Waals surface area contributed by atoms with Crippen LogP contribution in [0.2, 0.25) is 0 Å². The summed E-state index contributed by atoms with van der Waals surface area (Å²) in [5.41, 5.74) is 0. The number of hydrogen-bond donors (Lipinski definition) is 1. The van der Waals surface area contributed by atoms with Gasteiger partial charge in [0.15, 0.2) is 10.4 Å². The fourth-order valence-electron chi connectivity index (χ4n) is 0.748. The minimum atomic E-state index is -0.510. The van der Waals surface area contributed by atoms with Crippen LogP contribution < -0.4 is 5.32 Å². The van der Waals surface area contributed by atoms with E-state index in [2.05, 4.69) is 26.0 Å². The molecule has 0 atom stereocenters. The minimum Gasteiger partial charge on any atom is -0.468 e. The van der Waals surface area contributed by atoms with E-state index in [1.165, 1.54) is 13.2 Å². The van der Waals surface area contributed by atoms with Gasteiger partial charge in [-0.1, -0.05) is 0 Å². The summed E-state index contributed by atoms with van der Waals surface area (Å²) < 4.78 is 9.77. The minimum absolute atomic E-state index is 0.140. The topological polar surface area (TPSA) is 68.5 Å². The fourth-order valence-corrected chi connectivity index (χ4v) is 1.05. The van der Waals surface area contributed by atoms with E-state index in [0.717, 1.165) is 0 Å². The Morgan fingerprint density at radius 1 is 1.57 bits per heavy atom. The van der Waals surface area contributed by atoms with Crippen LogP contribution in [0.15, 0.2) is 21.2 Å². The molecule has 1 aromatic heterocycles. The Balaban J connectivity index is 2.47. The highest BCUT2D eigenvalue weighted by Gasteiger charge is 2.11. The molecule has 1 aromatic rings. The third-order valence-corrected chi connectivity index (χ3v) is 1.84. The molecule has 0 spiro atoms. The highest BCUT2D eigenvalue weighted by atomic mass is 79.9.